The van der Waals surface area contributed by atoms with Crippen molar-refractivity contribution < 1.29 is 19.0 Å². The van der Waals surface area contributed by atoms with Gasteiger partial charge >= 0.3 is 0 Å². The van der Waals surface area contributed by atoms with E-state index in [0.717, 1.165) is 5.56 Å². The Hall–Kier alpha value is -2.08. The van der Waals surface area contributed by atoms with E-state index in [-0.39, 0.29) is 24.2 Å². The third-order valence-corrected chi connectivity index (χ3v) is 3.94. The number of nitrogens with one attached hydrogen (secondary N) is 1. The summed E-state index contributed by atoms with van der Waals surface area (Å²) >= 11 is 0. The monoisotopic (exact) mass is 359 g/mol. The summed E-state index contributed by atoms with van der Waals surface area (Å²) in [6, 6.07) is 15.2. The van der Waals surface area contributed by atoms with Crippen molar-refractivity contribution in [3.63, 3.8) is 0 Å². The zero-order valence-corrected chi connectivity index (χ0v) is 15.2. The molecule has 0 aliphatic heterocycles. The molecule has 0 aliphatic rings. The smallest absolute Gasteiger partial charge is 0.191 e. The lowest BCUT2D eigenvalue weighted by atomic mass is 10.00. The van der Waals surface area contributed by atoms with Gasteiger partial charge in [0.15, 0.2) is 5.78 Å². The fraction of sp³-hybridized carbons (Fsp3) is 0.381. The van der Waals surface area contributed by atoms with Crippen LogP contribution in [-0.2, 0) is 11.2 Å². The second-order valence-electron chi connectivity index (χ2n) is 6.60. The van der Waals surface area contributed by atoms with E-state index in [1.807, 2.05) is 19.9 Å². The van der Waals surface area contributed by atoms with E-state index in [1.54, 1.807) is 36.4 Å². The molecule has 0 amide bonds. The quantitative estimate of drug-likeness (QED) is 0.641. The molecule has 2 N–H and O–H groups in total. The van der Waals surface area contributed by atoms with E-state index in [9.17, 15) is 14.3 Å². The number of ketones is 1. The Morgan fingerprint density at radius 1 is 1.12 bits per heavy atom. The van der Waals surface area contributed by atoms with Crippen molar-refractivity contribution in [3.05, 3.63) is 71.5 Å². The van der Waals surface area contributed by atoms with Gasteiger partial charge in [-0.2, -0.15) is 0 Å². The van der Waals surface area contributed by atoms with E-state index in [0.29, 0.717) is 18.5 Å². The van der Waals surface area contributed by atoms with Crippen LogP contribution in [0.25, 0.3) is 0 Å². The Morgan fingerprint density at radius 2 is 1.77 bits per heavy atom. The van der Waals surface area contributed by atoms with Crippen LogP contribution in [0.3, 0.4) is 0 Å². The van der Waals surface area contributed by atoms with Gasteiger partial charge in [0.25, 0.3) is 0 Å². The SMILES string of the molecule is CC(C)NCC(O)COC(Cc1ccc(F)cc1)C(=O)c1ccccc1. The first kappa shape index (κ1) is 20.2. The zero-order chi connectivity index (χ0) is 18.9. The molecule has 26 heavy (non-hydrogen) atoms. The minimum atomic E-state index is -0.739. The second kappa shape index (κ2) is 10.2. The third-order valence-electron chi connectivity index (χ3n) is 3.94. The number of hydrogen-bond donors (Lipinski definition) is 2. The second-order valence-corrected chi connectivity index (χ2v) is 6.60. The number of rotatable bonds is 10. The van der Waals surface area contributed by atoms with Crippen LogP contribution >= 0.6 is 0 Å². The van der Waals surface area contributed by atoms with E-state index >= 15 is 0 Å². The van der Waals surface area contributed by atoms with Crippen molar-refractivity contribution in [2.45, 2.75) is 38.5 Å². The normalized spacial score (nSPS) is 13.6. The molecule has 0 saturated heterocycles. The van der Waals surface area contributed by atoms with Gasteiger partial charge in [-0.3, -0.25) is 4.79 Å². The van der Waals surface area contributed by atoms with Gasteiger partial charge in [-0.25, -0.2) is 4.39 Å². The minimum Gasteiger partial charge on any atom is -0.389 e. The highest BCUT2D eigenvalue weighted by Gasteiger charge is 2.22. The van der Waals surface area contributed by atoms with Gasteiger partial charge in [-0.1, -0.05) is 56.3 Å². The maximum atomic E-state index is 13.1. The van der Waals surface area contributed by atoms with E-state index in [2.05, 4.69) is 5.32 Å². The van der Waals surface area contributed by atoms with Crippen LogP contribution in [0.15, 0.2) is 54.6 Å². The molecule has 0 fully saturated rings. The molecular weight excluding hydrogens is 333 g/mol. The van der Waals surface area contributed by atoms with Crippen molar-refractivity contribution in [1.82, 2.24) is 5.32 Å². The summed E-state index contributed by atoms with van der Waals surface area (Å²) in [7, 11) is 0. The van der Waals surface area contributed by atoms with Crippen LogP contribution in [-0.4, -0.2) is 42.3 Å². The number of benzene rings is 2. The Kier molecular flexibility index (Phi) is 7.91. The molecule has 140 valence electrons. The lowest BCUT2D eigenvalue weighted by Gasteiger charge is -2.20. The highest BCUT2D eigenvalue weighted by Crippen LogP contribution is 2.14. The topological polar surface area (TPSA) is 58.6 Å². The molecule has 0 aromatic heterocycles. The van der Waals surface area contributed by atoms with Crippen molar-refractivity contribution in [2.75, 3.05) is 13.2 Å². The summed E-state index contributed by atoms with van der Waals surface area (Å²) in [5, 5.41) is 13.2. The summed E-state index contributed by atoms with van der Waals surface area (Å²) < 4.78 is 18.9. The first-order valence-electron chi connectivity index (χ1n) is 8.82. The standard InChI is InChI=1S/C21H26FNO3/c1-15(2)23-13-19(24)14-26-20(12-16-8-10-18(22)11-9-16)21(25)17-6-4-3-5-7-17/h3-11,15,19-20,23-24H,12-14H2,1-2H3. The maximum Gasteiger partial charge on any atom is 0.191 e. The molecule has 0 spiro atoms. The molecule has 2 unspecified atom stereocenters. The largest absolute Gasteiger partial charge is 0.389 e. The predicted molar refractivity (Wildman–Crippen MR) is 99.8 cm³/mol. The summed E-state index contributed by atoms with van der Waals surface area (Å²) in [5.74, 6) is -0.477. The molecule has 0 aliphatic carbocycles. The van der Waals surface area contributed by atoms with Gasteiger partial charge in [-0.05, 0) is 17.7 Å². The van der Waals surface area contributed by atoms with E-state index in [4.69, 9.17) is 4.74 Å². The molecule has 0 saturated carbocycles. The van der Waals surface area contributed by atoms with Crippen LogP contribution in [0, 0.1) is 5.82 Å². The first-order valence-corrected chi connectivity index (χ1v) is 8.82. The van der Waals surface area contributed by atoms with Gasteiger partial charge < -0.3 is 15.2 Å². The summed E-state index contributed by atoms with van der Waals surface area (Å²) in [6.45, 7) is 4.41. The third kappa shape index (κ3) is 6.67. The number of ether oxygens (including phenoxy) is 1. The predicted octanol–water partition coefficient (Wildman–Crippen LogP) is 3.00. The Labute approximate surface area is 154 Å². The number of aliphatic hydroxyl groups is 1. The number of Topliss-reactive ketones (excluding diaryl/α,β-unsaturated/α-hetero) is 1. The van der Waals surface area contributed by atoms with Crippen molar-refractivity contribution in [2.24, 2.45) is 0 Å². The Morgan fingerprint density at radius 3 is 2.38 bits per heavy atom. The number of aliphatic hydroxyl groups excluding tert-OH is 1. The molecule has 2 rings (SSSR count). The van der Waals surface area contributed by atoms with Gasteiger partial charge in [0, 0.05) is 24.6 Å². The molecule has 2 aromatic carbocycles. The molecular formula is C21H26FNO3. The van der Waals surface area contributed by atoms with Crippen molar-refractivity contribution >= 4 is 5.78 Å². The van der Waals surface area contributed by atoms with Gasteiger partial charge in [0.2, 0.25) is 0 Å². The average molecular weight is 359 g/mol. The lowest BCUT2D eigenvalue weighted by molar-refractivity contribution is -0.00217. The Balaban J connectivity index is 2.05. The number of hydrogen-bond acceptors (Lipinski definition) is 4. The van der Waals surface area contributed by atoms with Crippen molar-refractivity contribution in [1.29, 1.82) is 0 Å². The van der Waals surface area contributed by atoms with Crippen LogP contribution in [0.2, 0.25) is 0 Å². The van der Waals surface area contributed by atoms with E-state index < -0.39 is 12.2 Å². The summed E-state index contributed by atoms with van der Waals surface area (Å²) in [5.41, 5.74) is 1.35. The number of carbonyl (C=O) groups excluding carboxylic acids is 1. The first-order chi connectivity index (χ1) is 12.5. The van der Waals surface area contributed by atoms with Gasteiger partial charge in [-0.15, -0.1) is 0 Å². The van der Waals surface area contributed by atoms with Gasteiger partial charge in [0.05, 0.1) is 12.7 Å². The van der Waals surface area contributed by atoms with Gasteiger partial charge in [0.1, 0.15) is 11.9 Å². The fourth-order valence-electron chi connectivity index (χ4n) is 2.51. The van der Waals surface area contributed by atoms with Crippen LogP contribution in [0.1, 0.15) is 29.8 Å². The van der Waals surface area contributed by atoms with Crippen LogP contribution in [0.5, 0.6) is 0 Å². The van der Waals surface area contributed by atoms with Crippen molar-refractivity contribution in [3.8, 4) is 0 Å². The molecule has 2 atom stereocenters. The number of carbonyl (C=O) groups is 1. The summed E-state index contributed by atoms with van der Waals surface area (Å²) in [4.78, 5) is 12.8. The molecule has 0 heterocycles. The minimum absolute atomic E-state index is 0.0458. The highest BCUT2D eigenvalue weighted by molar-refractivity contribution is 5.99. The lowest BCUT2D eigenvalue weighted by Crippen LogP contribution is -2.37. The molecule has 0 bridgehead atoms. The number of halogens is 1. The molecule has 2 aromatic rings. The zero-order valence-electron chi connectivity index (χ0n) is 15.2. The Bertz CT molecular complexity index is 673. The molecule has 5 heteroatoms. The average Bonchev–Trinajstić information content (AvgIpc) is 2.65. The fourth-order valence-corrected chi connectivity index (χ4v) is 2.51. The van der Waals surface area contributed by atoms with Crippen LogP contribution in [0.4, 0.5) is 4.39 Å². The summed E-state index contributed by atoms with van der Waals surface area (Å²) in [6.07, 6.45) is -1.13. The van der Waals surface area contributed by atoms with E-state index in [1.165, 1.54) is 12.1 Å². The van der Waals surface area contributed by atoms with Crippen LogP contribution < -0.4 is 5.32 Å². The maximum absolute atomic E-state index is 13.1. The molecule has 4 nitrogen and oxygen atoms in total. The highest BCUT2D eigenvalue weighted by atomic mass is 19.1. The molecule has 0 radical (unpaired) electrons.